The van der Waals surface area contributed by atoms with Crippen LogP contribution in [0.1, 0.15) is 24.3 Å². The van der Waals surface area contributed by atoms with Crippen molar-refractivity contribution in [3.8, 4) is 0 Å². The summed E-state index contributed by atoms with van der Waals surface area (Å²) in [6, 6.07) is -0.0702. The van der Waals surface area contributed by atoms with Crippen molar-refractivity contribution in [1.29, 1.82) is 0 Å². The minimum Gasteiger partial charge on any atom is -0.448 e. The summed E-state index contributed by atoms with van der Waals surface area (Å²) in [7, 11) is 1.69. The Morgan fingerprint density at radius 2 is 2.56 bits per heavy atom. The molecule has 1 fully saturated rings. The number of ether oxygens (including phenoxy) is 1. The summed E-state index contributed by atoms with van der Waals surface area (Å²) in [5, 5.41) is 2.85. The second kappa shape index (κ2) is 5.86. The summed E-state index contributed by atoms with van der Waals surface area (Å²) in [5.41, 5.74) is 0.767. The van der Waals surface area contributed by atoms with Crippen molar-refractivity contribution < 1.29 is 13.9 Å². The molecule has 18 heavy (non-hydrogen) atoms. The Hall–Kier alpha value is -1.56. The second-order valence-corrected chi connectivity index (χ2v) is 4.46. The number of rotatable bonds is 3. The molecule has 1 aliphatic heterocycles. The van der Waals surface area contributed by atoms with Gasteiger partial charge in [-0.2, -0.15) is 0 Å². The van der Waals surface area contributed by atoms with Crippen LogP contribution in [-0.2, 0) is 11.3 Å². The molecule has 0 aliphatic carbocycles. The Kier molecular flexibility index (Phi) is 4.19. The summed E-state index contributed by atoms with van der Waals surface area (Å²) in [5.74, 6) is 0.740. The number of carbonyl (C=O) groups is 1. The number of carbonyl (C=O) groups excluding carboxylic acids is 1. The summed E-state index contributed by atoms with van der Waals surface area (Å²) >= 11 is 0. The number of nitrogens with zero attached hydrogens (tertiary/aromatic N) is 2. The average Bonchev–Trinajstić information content (AvgIpc) is 2.81. The molecular formula is C12H19N3O3. The molecule has 1 aromatic heterocycles. The van der Waals surface area contributed by atoms with Crippen LogP contribution >= 0.6 is 0 Å². The highest BCUT2D eigenvalue weighted by Crippen LogP contribution is 2.12. The van der Waals surface area contributed by atoms with Crippen molar-refractivity contribution in [2.45, 2.75) is 32.4 Å². The van der Waals surface area contributed by atoms with Crippen LogP contribution in [0.4, 0.5) is 4.79 Å². The maximum Gasteiger partial charge on any atom is 0.317 e. The lowest BCUT2D eigenvalue weighted by Gasteiger charge is -2.31. The molecule has 0 bridgehead atoms. The Balaban J connectivity index is 1.82. The van der Waals surface area contributed by atoms with Gasteiger partial charge < -0.3 is 19.4 Å². The van der Waals surface area contributed by atoms with Gasteiger partial charge in [0.2, 0.25) is 0 Å². The molecule has 100 valence electrons. The first-order chi connectivity index (χ1) is 8.70. The molecular weight excluding hydrogens is 234 g/mol. The minimum absolute atomic E-state index is 0.0702. The smallest absolute Gasteiger partial charge is 0.317 e. The molecule has 6 nitrogen and oxygen atoms in total. The number of nitrogens with one attached hydrogen (secondary N) is 1. The van der Waals surface area contributed by atoms with Crippen molar-refractivity contribution in [3.63, 3.8) is 0 Å². The monoisotopic (exact) mass is 253 g/mol. The number of hydrogen-bond donors (Lipinski definition) is 1. The molecule has 1 unspecified atom stereocenters. The predicted octanol–water partition coefficient (Wildman–Crippen LogP) is 1.30. The van der Waals surface area contributed by atoms with Gasteiger partial charge in [-0.15, -0.1) is 0 Å². The van der Waals surface area contributed by atoms with Gasteiger partial charge in [-0.3, -0.25) is 0 Å². The number of oxazole rings is 1. The zero-order chi connectivity index (χ0) is 13.0. The number of hydrogen-bond acceptors (Lipinski definition) is 4. The van der Waals surface area contributed by atoms with E-state index in [9.17, 15) is 4.79 Å². The van der Waals surface area contributed by atoms with Crippen LogP contribution in [0, 0.1) is 6.92 Å². The predicted molar refractivity (Wildman–Crippen MR) is 65.1 cm³/mol. The van der Waals surface area contributed by atoms with Gasteiger partial charge in [0.05, 0.1) is 12.6 Å². The Morgan fingerprint density at radius 1 is 1.72 bits per heavy atom. The molecule has 1 saturated heterocycles. The van der Waals surface area contributed by atoms with E-state index >= 15 is 0 Å². The van der Waals surface area contributed by atoms with Crippen LogP contribution < -0.4 is 5.32 Å². The van der Waals surface area contributed by atoms with Crippen molar-refractivity contribution in [2.24, 2.45) is 0 Å². The molecule has 2 amide bonds. The molecule has 1 aliphatic rings. The standard InChI is InChI=1S/C12H19N3O3/c1-9-11(14-8-18-9)6-13-12(16)15-5-3-4-10(7-15)17-2/h8,10H,3-7H2,1-2H3,(H,13,16). The summed E-state index contributed by atoms with van der Waals surface area (Å²) in [6.07, 6.45) is 3.54. The number of aryl methyl sites for hydroxylation is 1. The van der Waals surface area contributed by atoms with Crippen molar-refractivity contribution in [3.05, 3.63) is 17.8 Å². The van der Waals surface area contributed by atoms with E-state index in [0.29, 0.717) is 13.1 Å². The van der Waals surface area contributed by atoms with Crippen LogP contribution in [0.15, 0.2) is 10.8 Å². The number of likely N-dealkylation sites (tertiary alicyclic amines) is 1. The third-order valence-electron chi connectivity index (χ3n) is 3.25. The van der Waals surface area contributed by atoms with Gasteiger partial charge in [-0.05, 0) is 19.8 Å². The maximum atomic E-state index is 12.0. The molecule has 0 saturated carbocycles. The fourth-order valence-electron chi connectivity index (χ4n) is 2.08. The SMILES string of the molecule is COC1CCCN(C(=O)NCc2ncoc2C)C1. The highest BCUT2D eigenvalue weighted by atomic mass is 16.5. The van der Waals surface area contributed by atoms with Gasteiger partial charge in [0.25, 0.3) is 0 Å². The van der Waals surface area contributed by atoms with E-state index < -0.39 is 0 Å². The third-order valence-corrected chi connectivity index (χ3v) is 3.25. The van der Waals surface area contributed by atoms with Crippen molar-refractivity contribution in [1.82, 2.24) is 15.2 Å². The van der Waals surface area contributed by atoms with Gasteiger partial charge >= 0.3 is 6.03 Å². The lowest BCUT2D eigenvalue weighted by molar-refractivity contribution is 0.0434. The van der Waals surface area contributed by atoms with Gasteiger partial charge in [0.1, 0.15) is 11.5 Å². The van der Waals surface area contributed by atoms with E-state index in [0.717, 1.165) is 30.8 Å². The molecule has 1 aromatic rings. The first-order valence-corrected chi connectivity index (χ1v) is 6.15. The second-order valence-electron chi connectivity index (χ2n) is 4.46. The van der Waals surface area contributed by atoms with Crippen molar-refractivity contribution in [2.75, 3.05) is 20.2 Å². The van der Waals surface area contributed by atoms with Gasteiger partial charge in [0.15, 0.2) is 6.39 Å². The molecule has 1 N–H and O–H groups in total. The zero-order valence-electron chi connectivity index (χ0n) is 10.8. The highest BCUT2D eigenvalue weighted by molar-refractivity contribution is 5.74. The summed E-state index contributed by atoms with van der Waals surface area (Å²) < 4.78 is 10.4. The van der Waals surface area contributed by atoms with Crippen LogP contribution in [0.25, 0.3) is 0 Å². The van der Waals surface area contributed by atoms with E-state index in [1.807, 2.05) is 6.92 Å². The molecule has 0 radical (unpaired) electrons. The van der Waals surface area contributed by atoms with Crippen LogP contribution in [0.2, 0.25) is 0 Å². The van der Waals surface area contributed by atoms with Crippen LogP contribution in [-0.4, -0.2) is 42.2 Å². The van der Waals surface area contributed by atoms with E-state index in [-0.39, 0.29) is 12.1 Å². The van der Waals surface area contributed by atoms with Gasteiger partial charge in [-0.1, -0.05) is 0 Å². The van der Waals surface area contributed by atoms with E-state index in [1.54, 1.807) is 12.0 Å². The lowest BCUT2D eigenvalue weighted by atomic mass is 10.1. The van der Waals surface area contributed by atoms with Crippen LogP contribution in [0.5, 0.6) is 0 Å². The number of aromatic nitrogens is 1. The van der Waals surface area contributed by atoms with Crippen LogP contribution in [0.3, 0.4) is 0 Å². The quantitative estimate of drug-likeness (QED) is 0.881. The molecule has 2 heterocycles. The first-order valence-electron chi connectivity index (χ1n) is 6.15. The largest absolute Gasteiger partial charge is 0.448 e. The summed E-state index contributed by atoms with van der Waals surface area (Å²) in [4.78, 5) is 17.8. The molecule has 1 atom stereocenters. The van der Waals surface area contributed by atoms with E-state index in [2.05, 4.69) is 10.3 Å². The highest BCUT2D eigenvalue weighted by Gasteiger charge is 2.23. The molecule has 6 heteroatoms. The van der Waals surface area contributed by atoms with E-state index in [1.165, 1.54) is 6.39 Å². The summed E-state index contributed by atoms with van der Waals surface area (Å²) in [6.45, 7) is 3.66. The van der Waals surface area contributed by atoms with Gasteiger partial charge in [0, 0.05) is 20.2 Å². The fourth-order valence-corrected chi connectivity index (χ4v) is 2.08. The first kappa shape index (κ1) is 12.9. The molecule has 2 rings (SSSR count). The minimum atomic E-state index is -0.0702. The number of amides is 2. The Morgan fingerprint density at radius 3 is 3.22 bits per heavy atom. The fraction of sp³-hybridized carbons (Fsp3) is 0.667. The normalized spacial score (nSPS) is 19.9. The molecule has 0 spiro atoms. The van der Waals surface area contributed by atoms with Crippen molar-refractivity contribution >= 4 is 6.03 Å². The molecule has 0 aromatic carbocycles. The average molecular weight is 253 g/mol. The van der Waals surface area contributed by atoms with E-state index in [4.69, 9.17) is 9.15 Å². The zero-order valence-corrected chi connectivity index (χ0v) is 10.8. The number of methoxy groups -OCH3 is 1. The third kappa shape index (κ3) is 3.01. The maximum absolute atomic E-state index is 12.0. The van der Waals surface area contributed by atoms with Gasteiger partial charge in [-0.25, -0.2) is 9.78 Å². The Labute approximate surface area is 106 Å². The lowest BCUT2D eigenvalue weighted by Crippen LogP contribution is -2.47. The topological polar surface area (TPSA) is 67.6 Å². The Bertz CT molecular complexity index is 405. The number of piperidine rings is 1. The number of urea groups is 1.